The third-order valence-electron chi connectivity index (χ3n) is 0.648. The summed E-state index contributed by atoms with van der Waals surface area (Å²) in [6.07, 6.45) is 3.15. The van der Waals surface area contributed by atoms with E-state index in [1.54, 1.807) is 18.1 Å². The maximum Gasteiger partial charge on any atom is 0.115 e. The van der Waals surface area contributed by atoms with Gasteiger partial charge in [-0.15, -0.1) is 0 Å². The van der Waals surface area contributed by atoms with Crippen molar-refractivity contribution in [2.45, 2.75) is 0 Å². The monoisotopic (exact) mass is 117 g/mol. The van der Waals surface area contributed by atoms with Crippen LogP contribution in [0.2, 0.25) is 0 Å². The minimum atomic E-state index is -0.00181. The summed E-state index contributed by atoms with van der Waals surface area (Å²) in [4.78, 5) is 1.57. The second kappa shape index (κ2) is 4.42. The van der Waals surface area contributed by atoms with Crippen LogP contribution in [0.3, 0.4) is 0 Å². The second-order valence-electron chi connectivity index (χ2n) is 1.38. The molecule has 0 rings (SSSR count). The summed E-state index contributed by atoms with van der Waals surface area (Å²) in [6, 6.07) is 0. The summed E-state index contributed by atoms with van der Waals surface area (Å²) >= 11 is 0. The third kappa shape index (κ3) is 3.45. The molecule has 0 aromatic carbocycles. The highest BCUT2D eigenvalue weighted by Crippen LogP contribution is 1.75. The summed E-state index contributed by atoms with van der Waals surface area (Å²) in [5, 5.41) is 8.37. The van der Waals surface area contributed by atoms with Crippen molar-refractivity contribution >= 4 is 0 Å². The Morgan fingerprint density at radius 3 is 2.88 bits per heavy atom. The minimum Gasteiger partial charge on any atom is -0.376 e. The molecular weight excluding hydrogens is 106 g/mol. The van der Waals surface area contributed by atoms with E-state index in [1.807, 2.05) is 0 Å². The van der Waals surface area contributed by atoms with Crippen LogP contribution in [-0.2, 0) is 0 Å². The third-order valence-corrected chi connectivity index (χ3v) is 0.648. The zero-order chi connectivity index (χ0) is 6.41. The largest absolute Gasteiger partial charge is 0.376 e. The maximum atomic E-state index is 8.37. The molecule has 0 aliphatic rings. The lowest BCUT2D eigenvalue weighted by Gasteiger charge is -2.06. The first kappa shape index (κ1) is 7.26. The van der Waals surface area contributed by atoms with Crippen LogP contribution in [0, 0.1) is 0 Å². The molecule has 4 N–H and O–H groups in total. The maximum absolute atomic E-state index is 8.37. The van der Waals surface area contributed by atoms with Gasteiger partial charge < -0.3 is 15.4 Å². The van der Waals surface area contributed by atoms with Crippen molar-refractivity contribution in [2.75, 3.05) is 13.8 Å². The smallest absolute Gasteiger partial charge is 0.115 e. The van der Waals surface area contributed by atoms with Crippen LogP contribution < -0.4 is 11.3 Å². The average molecular weight is 117 g/mol. The molecule has 0 bridgehead atoms. The van der Waals surface area contributed by atoms with Crippen LogP contribution in [0.4, 0.5) is 0 Å². The Bertz CT molecular complexity index is 73.7. The van der Waals surface area contributed by atoms with E-state index >= 15 is 0 Å². The number of hydrazine groups is 1. The van der Waals surface area contributed by atoms with Gasteiger partial charge in [-0.05, 0) is 0 Å². The molecule has 4 heteroatoms. The van der Waals surface area contributed by atoms with Gasteiger partial charge in [-0.3, -0.25) is 5.84 Å². The molecule has 0 amide bonds. The molecule has 8 heavy (non-hydrogen) atoms. The second-order valence-corrected chi connectivity index (χ2v) is 1.38. The van der Waals surface area contributed by atoms with Gasteiger partial charge in [0.15, 0.2) is 0 Å². The van der Waals surface area contributed by atoms with Crippen LogP contribution in [0.15, 0.2) is 12.4 Å². The normalized spacial score (nSPS) is 9.88. The number of hydrogen-bond donors (Lipinski definition) is 3. The first-order valence-corrected chi connectivity index (χ1v) is 2.25. The van der Waals surface area contributed by atoms with E-state index in [-0.39, 0.29) is 6.73 Å². The lowest BCUT2D eigenvalue weighted by atomic mass is 10.8. The molecule has 0 aliphatic carbocycles. The summed E-state index contributed by atoms with van der Waals surface area (Å²) in [5.41, 5.74) is 2.30. The number of aliphatic hydroxyl groups excluding tert-OH is 1. The minimum absolute atomic E-state index is 0.00181. The number of nitrogens with one attached hydrogen (secondary N) is 1. The molecule has 0 spiro atoms. The molecule has 0 saturated heterocycles. The molecule has 0 saturated carbocycles. The van der Waals surface area contributed by atoms with Gasteiger partial charge in [-0.1, -0.05) is 0 Å². The fraction of sp³-hybridized carbons (Fsp3) is 0.500. The number of aliphatic hydroxyl groups is 1. The Kier molecular flexibility index (Phi) is 4.01. The summed E-state index contributed by atoms with van der Waals surface area (Å²) in [7, 11) is 1.73. The highest BCUT2D eigenvalue weighted by molar-refractivity contribution is 4.73. The first-order chi connectivity index (χ1) is 3.81. The van der Waals surface area contributed by atoms with Crippen LogP contribution in [0.1, 0.15) is 0 Å². The van der Waals surface area contributed by atoms with Crippen molar-refractivity contribution in [1.82, 2.24) is 10.3 Å². The Morgan fingerprint density at radius 2 is 2.50 bits per heavy atom. The van der Waals surface area contributed by atoms with E-state index in [4.69, 9.17) is 10.9 Å². The van der Waals surface area contributed by atoms with Crippen LogP contribution in [0.5, 0.6) is 0 Å². The van der Waals surface area contributed by atoms with E-state index in [2.05, 4.69) is 5.43 Å². The van der Waals surface area contributed by atoms with Crippen molar-refractivity contribution in [3.05, 3.63) is 12.4 Å². The molecule has 0 unspecified atom stereocenters. The number of hydrogen-bond acceptors (Lipinski definition) is 4. The van der Waals surface area contributed by atoms with Gasteiger partial charge in [0.2, 0.25) is 0 Å². The highest BCUT2D eigenvalue weighted by atomic mass is 16.3. The van der Waals surface area contributed by atoms with E-state index in [0.717, 1.165) is 0 Å². The lowest BCUT2D eigenvalue weighted by Crippen LogP contribution is -2.17. The molecule has 0 aromatic heterocycles. The van der Waals surface area contributed by atoms with E-state index < -0.39 is 0 Å². The van der Waals surface area contributed by atoms with Crippen molar-refractivity contribution in [3.8, 4) is 0 Å². The van der Waals surface area contributed by atoms with Crippen molar-refractivity contribution in [2.24, 2.45) is 5.84 Å². The fourth-order valence-corrected chi connectivity index (χ4v) is 0.217. The fourth-order valence-electron chi connectivity index (χ4n) is 0.217. The topological polar surface area (TPSA) is 61.5 Å². The van der Waals surface area contributed by atoms with Gasteiger partial charge in [-0.2, -0.15) is 0 Å². The van der Waals surface area contributed by atoms with Gasteiger partial charge in [0.25, 0.3) is 0 Å². The Hall–Kier alpha value is -0.740. The molecule has 0 heterocycles. The molecule has 0 radical (unpaired) electrons. The van der Waals surface area contributed by atoms with Crippen LogP contribution in [0.25, 0.3) is 0 Å². The quantitative estimate of drug-likeness (QED) is 0.247. The van der Waals surface area contributed by atoms with Gasteiger partial charge in [0.05, 0.1) is 0 Å². The Balaban J connectivity index is 3.21. The lowest BCUT2D eigenvalue weighted by molar-refractivity contribution is 0.174. The molecule has 0 aliphatic heterocycles. The SMILES string of the molecule is CN(/C=C\NN)CO. The van der Waals surface area contributed by atoms with Crippen molar-refractivity contribution in [3.63, 3.8) is 0 Å². The molecular formula is C4H11N3O. The predicted octanol–water partition coefficient (Wildman–Crippen LogP) is -1.20. The van der Waals surface area contributed by atoms with Gasteiger partial charge >= 0.3 is 0 Å². The number of nitrogens with zero attached hydrogens (tertiary/aromatic N) is 1. The van der Waals surface area contributed by atoms with Gasteiger partial charge in [0, 0.05) is 19.4 Å². The molecule has 0 fully saturated rings. The standard InChI is InChI=1S/C4H11N3O/c1-7(4-8)3-2-6-5/h2-3,6,8H,4-5H2,1H3/b3-2-. The number of nitrogens with two attached hydrogens (primary N) is 1. The number of rotatable bonds is 3. The van der Waals surface area contributed by atoms with E-state index in [9.17, 15) is 0 Å². The van der Waals surface area contributed by atoms with E-state index in [1.165, 1.54) is 6.20 Å². The Labute approximate surface area is 48.6 Å². The zero-order valence-electron chi connectivity index (χ0n) is 4.83. The molecule has 0 aromatic rings. The first-order valence-electron chi connectivity index (χ1n) is 2.25. The Morgan fingerprint density at radius 1 is 1.88 bits per heavy atom. The average Bonchev–Trinajstić information content (AvgIpc) is 1.83. The predicted molar refractivity (Wildman–Crippen MR) is 31.3 cm³/mol. The summed E-state index contributed by atoms with van der Waals surface area (Å²) in [5.74, 6) is 4.89. The summed E-state index contributed by atoms with van der Waals surface area (Å²) < 4.78 is 0. The van der Waals surface area contributed by atoms with Gasteiger partial charge in [0.1, 0.15) is 6.73 Å². The zero-order valence-corrected chi connectivity index (χ0v) is 4.83. The summed E-state index contributed by atoms with van der Waals surface area (Å²) in [6.45, 7) is -0.00181. The van der Waals surface area contributed by atoms with E-state index in [0.29, 0.717) is 0 Å². The highest BCUT2D eigenvalue weighted by Gasteiger charge is 1.79. The van der Waals surface area contributed by atoms with Crippen molar-refractivity contribution in [1.29, 1.82) is 0 Å². The molecule has 0 atom stereocenters. The molecule has 48 valence electrons. The van der Waals surface area contributed by atoms with Crippen LogP contribution >= 0.6 is 0 Å². The van der Waals surface area contributed by atoms with Crippen LogP contribution in [-0.4, -0.2) is 23.8 Å². The molecule has 4 nitrogen and oxygen atoms in total. The van der Waals surface area contributed by atoms with Gasteiger partial charge in [-0.25, -0.2) is 0 Å². The van der Waals surface area contributed by atoms with Crippen molar-refractivity contribution < 1.29 is 5.11 Å².